The number of aliphatic hydroxyl groups is 1. The van der Waals surface area contributed by atoms with Crippen LogP contribution in [0.4, 0.5) is 0 Å². The van der Waals surface area contributed by atoms with E-state index in [9.17, 15) is 0 Å². The Morgan fingerprint density at radius 3 is 2.70 bits per heavy atom. The molecule has 0 saturated carbocycles. The van der Waals surface area contributed by atoms with Crippen LogP contribution in [0.5, 0.6) is 0 Å². The van der Waals surface area contributed by atoms with E-state index in [1.165, 1.54) is 0 Å². The van der Waals surface area contributed by atoms with Crippen LogP contribution < -0.4 is 5.73 Å². The quantitative estimate of drug-likeness (QED) is 0.606. The number of aryl methyl sites for hydroxylation is 1. The summed E-state index contributed by atoms with van der Waals surface area (Å²) in [6, 6.07) is 0. The Bertz CT molecular complexity index is 220. The average Bonchev–Trinajstić information content (AvgIpc) is 2.30. The highest BCUT2D eigenvalue weighted by molar-refractivity contribution is 5.06. The summed E-state index contributed by atoms with van der Waals surface area (Å²) in [5.74, 6) is 1.12. The normalized spacial score (nSPS) is 10.3. The molecule has 0 aromatic carbocycles. The number of nitrogens with zero attached hydrogens (tertiary/aromatic N) is 1. The van der Waals surface area contributed by atoms with Gasteiger partial charge < -0.3 is 15.3 Å². The van der Waals surface area contributed by atoms with Crippen LogP contribution in [0.25, 0.3) is 0 Å². The Labute approximate surface area is 58.7 Å². The first-order valence-electron chi connectivity index (χ1n) is 3.04. The zero-order chi connectivity index (χ0) is 7.56. The second-order valence-electron chi connectivity index (χ2n) is 1.97. The van der Waals surface area contributed by atoms with E-state index in [4.69, 9.17) is 15.3 Å². The van der Waals surface area contributed by atoms with Gasteiger partial charge in [0.15, 0.2) is 0 Å². The molecule has 10 heavy (non-hydrogen) atoms. The minimum absolute atomic E-state index is 0.0880. The molecule has 0 atom stereocenters. The lowest BCUT2D eigenvalue weighted by Crippen LogP contribution is -1.96. The number of nitrogens with two attached hydrogens (primary N) is 1. The molecule has 4 nitrogen and oxygen atoms in total. The van der Waals surface area contributed by atoms with Crippen LogP contribution in [0.2, 0.25) is 0 Å². The SMILES string of the molecule is Cc1oc(CN)nc1CO. The summed E-state index contributed by atoms with van der Waals surface area (Å²) < 4.78 is 5.06. The fraction of sp³-hybridized carbons (Fsp3) is 0.500. The van der Waals surface area contributed by atoms with E-state index in [0.29, 0.717) is 17.3 Å². The Kier molecular flexibility index (Phi) is 2.03. The van der Waals surface area contributed by atoms with E-state index >= 15 is 0 Å². The molecule has 0 bridgehead atoms. The van der Waals surface area contributed by atoms with Gasteiger partial charge in [0.25, 0.3) is 0 Å². The van der Waals surface area contributed by atoms with Crippen molar-refractivity contribution in [2.75, 3.05) is 0 Å². The van der Waals surface area contributed by atoms with Crippen molar-refractivity contribution >= 4 is 0 Å². The third-order valence-corrected chi connectivity index (χ3v) is 1.26. The molecule has 0 amide bonds. The van der Waals surface area contributed by atoms with E-state index in [1.54, 1.807) is 6.92 Å². The van der Waals surface area contributed by atoms with Crippen molar-refractivity contribution in [3.63, 3.8) is 0 Å². The first-order valence-corrected chi connectivity index (χ1v) is 3.04. The predicted molar refractivity (Wildman–Crippen MR) is 35.1 cm³/mol. The first-order chi connectivity index (χ1) is 4.77. The van der Waals surface area contributed by atoms with Gasteiger partial charge in [0.2, 0.25) is 5.89 Å². The highest BCUT2D eigenvalue weighted by Gasteiger charge is 2.05. The van der Waals surface area contributed by atoms with Crippen LogP contribution in [-0.4, -0.2) is 10.1 Å². The third-order valence-electron chi connectivity index (χ3n) is 1.26. The van der Waals surface area contributed by atoms with Gasteiger partial charge in [0.1, 0.15) is 11.5 Å². The highest BCUT2D eigenvalue weighted by Crippen LogP contribution is 2.08. The van der Waals surface area contributed by atoms with Crippen LogP contribution >= 0.6 is 0 Å². The summed E-state index contributed by atoms with van der Waals surface area (Å²) in [6.45, 7) is 1.94. The van der Waals surface area contributed by atoms with Gasteiger partial charge in [0, 0.05) is 0 Å². The number of hydrogen-bond acceptors (Lipinski definition) is 4. The molecule has 0 saturated heterocycles. The molecule has 0 spiro atoms. The summed E-state index contributed by atoms with van der Waals surface area (Å²) in [5, 5.41) is 8.66. The van der Waals surface area contributed by atoms with Gasteiger partial charge in [-0.3, -0.25) is 0 Å². The van der Waals surface area contributed by atoms with Gasteiger partial charge in [-0.1, -0.05) is 0 Å². The van der Waals surface area contributed by atoms with Gasteiger partial charge in [-0.2, -0.15) is 0 Å². The highest BCUT2D eigenvalue weighted by atomic mass is 16.4. The maximum atomic E-state index is 8.66. The monoisotopic (exact) mass is 142 g/mol. The molecule has 0 fully saturated rings. The molecule has 0 aliphatic heterocycles. The molecule has 0 aliphatic rings. The molecule has 1 heterocycles. The van der Waals surface area contributed by atoms with Crippen LogP contribution in [-0.2, 0) is 13.2 Å². The summed E-state index contributed by atoms with van der Waals surface area (Å²) >= 11 is 0. The van der Waals surface area contributed by atoms with Crippen LogP contribution in [0.1, 0.15) is 17.3 Å². The molecule has 1 aromatic rings. The van der Waals surface area contributed by atoms with E-state index in [2.05, 4.69) is 4.98 Å². The lowest BCUT2D eigenvalue weighted by Gasteiger charge is -1.83. The van der Waals surface area contributed by atoms with Crippen molar-refractivity contribution in [3.05, 3.63) is 17.3 Å². The molecule has 3 N–H and O–H groups in total. The van der Waals surface area contributed by atoms with E-state index in [0.717, 1.165) is 0 Å². The minimum Gasteiger partial charge on any atom is -0.444 e. The zero-order valence-electron chi connectivity index (χ0n) is 5.79. The van der Waals surface area contributed by atoms with Crippen molar-refractivity contribution < 1.29 is 9.52 Å². The van der Waals surface area contributed by atoms with Crippen molar-refractivity contribution in [2.24, 2.45) is 5.73 Å². The third kappa shape index (κ3) is 1.17. The topological polar surface area (TPSA) is 72.3 Å². The van der Waals surface area contributed by atoms with E-state index in [-0.39, 0.29) is 13.2 Å². The van der Waals surface area contributed by atoms with Crippen molar-refractivity contribution in [2.45, 2.75) is 20.1 Å². The molecule has 0 aliphatic carbocycles. The minimum atomic E-state index is -0.0880. The summed E-state index contributed by atoms with van der Waals surface area (Å²) in [7, 11) is 0. The van der Waals surface area contributed by atoms with Crippen LogP contribution in [0, 0.1) is 6.92 Å². The largest absolute Gasteiger partial charge is 0.444 e. The number of rotatable bonds is 2. The van der Waals surface area contributed by atoms with E-state index < -0.39 is 0 Å². The van der Waals surface area contributed by atoms with E-state index in [1.807, 2.05) is 0 Å². The predicted octanol–water partition coefficient (Wildman–Crippen LogP) is -0.0660. The van der Waals surface area contributed by atoms with Gasteiger partial charge in [0.05, 0.1) is 13.2 Å². The second kappa shape index (κ2) is 2.81. The first kappa shape index (κ1) is 7.24. The van der Waals surface area contributed by atoms with Gasteiger partial charge in [-0.25, -0.2) is 4.98 Å². The molecule has 1 rings (SSSR count). The molecule has 0 radical (unpaired) electrons. The molecule has 56 valence electrons. The van der Waals surface area contributed by atoms with Gasteiger partial charge in [-0.05, 0) is 6.92 Å². The molecule has 0 unspecified atom stereocenters. The van der Waals surface area contributed by atoms with Crippen LogP contribution in [0.3, 0.4) is 0 Å². The number of aromatic nitrogens is 1. The average molecular weight is 142 g/mol. The number of hydrogen-bond donors (Lipinski definition) is 2. The summed E-state index contributed by atoms with van der Waals surface area (Å²) in [5.41, 5.74) is 5.82. The Morgan fingerprint density at radius 1 is 1.70 bits per heavy atom. The number of aliphatic hydroxyl groups excluding tert-OH is 1. The zero-order valence-corrected chi connectivity index (χ0v) is 5.79. The smallest absolute Gasteiger partial charge is 0.208 e. The molecule has 4 heteroatoms. The Balaban J connectivity index is 2.92. The van der Waals surface area contributed by atoms with Crippen LogP contribution in [0.15, 0.2) is 4.42 Å². The van der Waals surface area contributed by atoms with Crippen molar-refractivity contribution in [1.29, 1.82) is 0 Å². The number of oxazole rings is 1. The maximum absolute atomic E-state index is 8.66. The maximum Gasteiger partial charge on any atom is 0.208 e. The van der Waals surface area contributed by atoms with Crippen molar-refractivity contribution in [3.8, 4) is 0 Å². The molecular formula is C6H10N2O2. The Hall–Kier alpha value is -0.870. The molecular weight excluding hydrogens is 132 g/mol. The lowest BCUT2D eigenvalue weighted by atomic mass is 10.4. The summed E-state index contributed by atoms with van der Waals surface area (Å²) in [6.07, 6.45) is 0. The lowest BCUT2D eigenvalue weighted by molar-refractivity contribution is 0.275. The fourth-order valence-electron chi connectivity index (χ4n) is 0.722. The standard InChI is InChI=1S/C6H10N2O2/c1-4-5(3-9)8-6(2-7)10-4/h9H,2-3,7H2,1H3. The fourth-order valence-corrected chi connectivity index (χ4v) is 0.722. The Morgan fingerprint density at radius 2 is 2.40 bits per heavy atom. The van der Waals surface area contributed by atoms with Crippen molar-refractivity contribution in [1.82, 2.24) is 4.98 Å². The second-order valence-corrected chi connectivity index (χ2v) is 1.97. The van der Waals surface area contributed by atoms with Gasteiger partial charge >= 0.3 is 0 Å². The van der Waals surface area contributed by atoms with Gasteiger partial charge in [-0.15, -0.1) is 0 Å². The summed E-state index contributed by atoms with van der Waals surface area (Å²) in [4.78, 5) is 3.91. The molecule has 1 aromatic heterocycles.